The van der Waals surface area contributed by atoms with Crippen LogP contribution in [0.25, 0.3) is 28.0 Å². The molecule has 148 valence electrons. The van der Waals surface area contributed by atoms with Crippen LogP contribution in [0, 0.1) is 0 Å². The minimum Gasteiger partial charge on any atom is -0.354 e. The molecule has 0 bridgehead atoms. The van der Waals surface area contributed by atoms with Gasteiger partial charge in [0, 0.05) is 55.6 Å². The van der Waals surface area contributed by atoms with E-state index in [1.54, 1.807) is 0 Å². The fourth-order valence-electron chi connectivity index (χ4n) is 3.78. The van der Waals surface area contributed by atoms with Gasteiger partial charge in [-0.3, -0.25) is 9.67 Å². The summed E-state index contributed by atoms with van der Waals surface area (Å²) in [5.74, 6) is 1.79. The second kappa shape index (κ2) is 7.29. The van der Waals surface area contributed by atoms with Gasteiger partial charge in [-0.1, -0.05) is 6.07 Å². The first-order chi connectivity index (χ1) is 14.2. The van der Waals surface area contributed by atoms with Crippen molar-refractivity contribution >= 4 is 16.7 Å². The summed E-state index contributed by atoms with van der Waals surface area (Å²) in [6.45, 7) is 7.98. The van der Waals surface area contributed by atoms with Gasteiger partial charge in [0.1, 0.15) is 5.82 Å². The summed E-state index contributed by atoms with van der Waals surface area (Å²) < 4.78 is 3.79. The Kier molecular flexibility index (Phi) is 4.48. The average Bonchev–Trinajstić information content (AvgIpc) is 3.40. The Morgan fingerprint density at radius 3 is 2.86 bits per heavy atom. The molecule has 0 aliphatic carbocycles. The fourth-order valence-corrected chi connectivity index (χ4v) is 3.78. The van der Waals surface area contributed by atoms with Crippen LogP contribution < -0.4 is 10.2 Å². The molecule has 0 aromatic carbocycles. The van der Waals surface area contributed by atoms with Gasteiger partial charge in [0.25, 0.3) is 0 Å². The second-order valence-corrected chi connectivity index (χ2v) is 7.42. The minimum absolute atomic E-state index is 0.456. The third-order valence-electron chi connectivity index (χ3n) is 5.33. The van der Waals surface area contributed by atoms with E-state index in [1.807, 2.05) is 46.3 Å². The molecule has 4 aromatic heterocycles. The molecule has 1 fully saturated rings. The van der Waals surface area contributed by atoms with E-state index in [4.69, 9.17) is 4.98 Å². The molecule has 8 nitrogen and oxygen atoms in total. The monoisotopic (exact) mass is 388 g/mol. The van der Waals surface area contributed by atoms with Crippen molar-refractivity contribution in [2.45, 2.75) is 26.4 Å². The van der Waals surface area contributed by atoms with Crippen LogP contribution in [-0.2, 0) is 6.54 Å². The highest BCUT2D eigenvalue weighted by Crippen LogP contribution is 2.24. The fraction of sp³-hybridized carbons (Fsp3) is 0.333. The highest BCUT2D eigenvalue weighted by Gasteiger charge is 2.18. The number of pyridine rings is 2. The van der Waals surface area contributed by atoms with Crippen LogP contribution >= 0.6 is 0 Å². The number of rotatable bonds is 4. The van der Waals surface area contributed by atoms with Crippen molar-refractivity contribution in [2.75, 3.05) is 24.5 Å². The zero-order valence-corrected chi connectivity index (χ0v) is 16.7. The zero-order chi connectivity index (χ0) is 19.8. The SMILES string of the molecule is CCn1cc(-c2cc3c(cn2)cnn3-c2cccc(N3CCNC(C)C3)n2)cn1. The lowest BCUT2D eigenvalue weighted by Gasteiger charge is -2.32. The van der Waals surface area contributed by atoms with Crippen LogP contribution in [0.15, 0.2) is 49.1 Å². The molecular formula is C21H24N8. The molecule has 1 N–H and O–H groups in total. The molecule has 0 radical (unpaired) electrons. The van der Waals surface area contributed by atoms with E-state index in [1.165, 1.54) is 0 Å². The predicted octanol–water partition coefficient (Wildman–Crippen LogP) is 2.50. The molecule has 0 saturated carbocycles. The van der Waals surface area contributed by atoms with E-state index < -0.39 is 0 Å². The molecule has 1 saturated heterocycles. The number of anilines is 1. The lowest BCUT2D eigenvalue weighted by Crippen LogP contribution is -2.49. The standard InChI is InChI=1S/C21H24N8/c1-3-28-14-17(12-24-28)18-9-19-16(10-23-18)11-25-29(19)21-6-4-5-20(26-21)27-8-7-22-15(2)13-27/h4-6,9-12,14-15,22H,3,7-8,13H2,1-2H3. The quantitative estimate of drug-likeness (QED) is 0.579. The number of nitrogens with one attached hydrogen (secondary N) is 1. The Labute approximate surface area is 169 Å². The van der Waals surface area contributed by atoms with Crippen molar-refractivity contribution in [3.63, 3.8) is 0 Å². The maximum absolute atomic E-state index is 4.90. The van der Waals surface area contributed by atoms with Gasteiger partial charge in [-0.25, -0.2) is 9.67 Å². The van der Waals surface area contributed by atoms with Crippen LogP contribution in [0.4, 0.5) is 5.82 Å². The molecule has 1 aliphatic heterocycles. The summed E-state index contributed by atoms with van der Waals surface area (Å²) in [5.41, 5.74) is 2.86. The maximum atomic E-state index is 4.90. The van der Waals surface area contributed by atoms with Gasteiger partial charge < -0.3 is 10.2 Å². The number of hydrogen-bond acceptors (Lipinski definition) is 6. The molecule has 0 spiro atoms. The first-order valence-corrected chi connectivity index (χ1v) is 10.0. The van der Waals surface area contributed by atoms with Crippen molar-refractivity contribution in [2.24, 2.45) is 0 Å². The Morgan fingerprint density at radius 1 is 1.14 bits per heavy atom. The lowest BCUT2D eigenvalue weighted by molar-refractivity contribution is 0.482. The predicted molar refractivity (Wildman–Crippen MR) is 113 cm³/mol. The molecule has 8 heteroatoms. The van der Waals surface area contributed by atoms with Crippen molar-refractivity contribution in [1.82, 2.24) is 34.8 Å². The highest BCUT2D eigenvalue weighted by molar-refractivity contribution is 5.83. The molecule has 5 rings (SSSR count). The lowest BCUT2D eigenvalue weighted by atomic mass is 10.2. The molecule has 0 amide bonds. The molecule has 29 heavy (non-hydrogen) atoms. The topological polar surface area (TPSA) is 76.7 Å². The van der Waals surface area contributed by atoms with E-state index in [0.717, 1.165) is 60.0 Å². The molecule has 1 aliphatic rings. The van der Waals surface area contributed by atoms with Gasteiger partial charge in [-0.2, -0.15) is 10.2 Å². The number of aryl methyl sites for hydroxylation is 1. The molecular weight excluding hydrogens is 364 g/mol. The van der Waals surface area contributed by atoms with Gasteiger partial charge in [0.05, 0.1) is 23.6 Å². The number of piperazine rings is 1. The summed E-state index contributed by atoms with van der Waals surface area (Å²) >= 11 is 0. The Morgan fingerprint density at radius 2 is 2.03 bits per heavy atom. The zero-order valence-electron chi connectivity index (χ0n) is 16.7. The first kappa shape index (κ1) is 17.8. The average molecular weight is 388 g/mol. The van der Waals surface area contributed by atoms with Gasteiger partial charge in [0.2, 0.25) is 0 Å². The van der Waals surface area contributed by atoms with Crippen molar-refractivity contribution in [1.29, 1.82) is 0 Å². The number of fused-ring (bicyclic) bond motifs is 1. The summed E-state index contributed by atoms with van der Waals surface area (Å²) in [5, 5.41) is 13.4. The molecule has 5 heterocycles. The van der Waals surface area contributed by atoms with Crippen LogP contribution in [0.1, 0.15) is 13.8 Å². The number of nitrogens with zero attached hydrogens (tertiary/aromatic N) is 7. The van der Waals surface area contributed by atoms with E-state index in [0.29, 0.717) is 6.04 Å². The first-order valence-electron chi connectivity index (χ1n) is 10.0. The van der Waals surface area contributed by atoms with Crippen molar-refractivity contribution in [3.05, 3.63) is 49.1 Å². The molecule has 4 aromatic rings. The molecule has 1 atom stereocenters. The largest absolute Gasteiger partial charge is 0.354 e. The van der Waals surface area contributed by atoms with E-state index in [2.05, 4.69) is 51.4 Å². The Balaban J connectivity index is 1.53. The van der Waals surface area contributed by atoms with Gasteiger partial charge >= 0.3 is 0 Å². The Bertz CT molecular complexity index is 1140. The van der Waals surface area contributed by atoms with Crippen LogP contribution in [0.2, 0.25) is 0 Å². The van der Waals surface area contributed by atoms with E-state index in [9.17, 15) is 0 Å². The minimum atomic E-state index is 0.456. The van der Waals surface area contributed by atoms with E-state index >= 15 is 0 Å². The van der Waals surface area contributed by atoms with Crippen LogP contribution in [0.5, 0.6) is 0 Å². The third-order valence-corrected chi connectivity index (χ3v) is 5.33. The second-order valence-electron chi connectivity index (χ2n) is 7.42. The van der Waals surface area contributed by atoms with E-state index in [-0.39, 0.29) is 0 Å². The highest BCUT2D eigenvalue weighted by atomic mass is 15.3. The smallest absolute Gasteiger partial charge is 0.156 e. The summed E-state index contributed by atoms with van der Waals surface area (Å²) in [4.78, 5) is 11.8. The van der Waals surface area contributed by atoms with Gasteiger partial charge in [-0.15, -0.1) is 0 Å². The normalized spacial score (nSPS) is 17.2. The van der Waals surface area contributed by atoms with Crippen LogP contribution in [-0.4, -0.2) is 55.2 Å². The molecule has 1 unspecified atom stereocenters. The summed E-state index contributed by atoms with van der Waals surface area (Å²) in [6.07, 6.45) is 7.56. The van der Waals surface area contributed by atoms with Crippen LogP contribution in [0.3, 0.4) is 0 Å². The van der Waals surface area contributed by atoms with Gasteiger partial charge in [-0.05, 0) is 32.0 Å². The Hall–Kier alpha value is -3.26. The van der Waals surface area contributed by atoms with Gasteiger partial charge in [0.15, 0.2) is 5.82 Å². The third kappa shape index (κ3) is 3.36. The van der Waals surface area contributed by atoms with Crippen molar-refractivity contribution in [3.8, 4) is 17.1 Å². The summed E-state index contributed by atoms with van der Waals surface area (Å²) in [6, 6.07) is 8.62. The maximum Gasteiger partial charge on any atom is 0.156 e. The number of hydrogen-bond donors (Lipinski definition) is 1. The summed E-state index contributed by atoms with van der Waals surface area (Å²) in [7, 11) is 0. The van der Waals surface area contributed by atoms with Crippen molar-refractivity contribution < 1.29 is 0 Å². The number of aromatic nitrogens is 6.